The van der Waals surface area contributed by atoms with Crippen molar-refractivity contribution in [3.05, 3.63) is 23.3 Å². The van der Waals surface area contributed by atoms with E-state index >= 15 is 0 Å². The SMILES string of the molecule is Nc1cc(O)cc2scc(F)c12. The van der Waals surface area contributed by atoms with E-state index in [9.17, 15) is 4.39 Å². The van der Waals surface area contributed by atoms with Crippen molar-refractivity contribution < 1.29 is 9.50 Å². The van der Waals surface area contributed by atoms with E-state index in [1.807, 2.05) is 0 Å². The van der Waals surface area contributed by atoms with Crippen LogP contribution in [0.2, 0.25) is 0 Å². The molecular formula is C8H6FNOS. The van der Waals surface area contributed by atoms with E-state index < -0.39 is 0 Å². The minimum Gasteiger partial charge on any atom is -0.508 e. The number of nitrogen functional groups attached to an aromatic ring is 1. The molecule has 12 heavy (non-hydrogen) atoms. The highest BCUT2D eigenvalue weighted by atomic mass is 32.1. The molecule has 3 N–H and O–H groups in total. The van der Waals surface area contributed by atoms with Crippen LogP contribution >= 0.6 is 11.3 Å². The Balaban J connectivity index is 2.93. The average Bonchev–Trinajstić information content (AvgIpc) is 2.31. The van der Waals surface area contributed by atoms with E-state index in [1.54, 1.807) is 0 Å². The maximum absolute atomic E-state index is 13.0. The summed E-state index contributed by atoms with van der Waals surface area (Å²) in [4.78, 5) is 0. The topological polar surface area (TPSA) is 46.2 Å². The maximum atomic E-state index is 13.0. The fraction of sp³-hybridized carbons (Fsp3) is 0. The number of rotatable bonds is 0. The smallest absolute Gasteiger partial charge is 0.143 e. The van der Waals surface area contributed by atoms with Crippen LogP contribution in [-0.2, 0) is 0 Å². The molecule has 1 aromatic heterocycles. The van der Waals surface area contributed by atoms with Gasteiger partial charge in [0, 0.05) is 21.8 Å². The molecule has 2 rings (SSSR count). The Morgan fingerprint density at radius 1 is 1.42 bits per heavy atom. The molecule has 0 atom stereocenters. The van der Waals surface area contributed by atoms with E-state index in [0.29, 0.717) is 10.1 Å². The second kappa shape index (κ2) is 2.35. The summed E-state index contributed by atoms with van der Waals surface area (Å²) < 4.78 is 13.7. The summed E-state index contributed by atoms with van der Waals surface area (Å²) in [6.07, 6.45) is 0. The molecule has 0 unspecified atom stereocenters. The van der Waals surface area contributed by atoms with Crippen LogP contribution in [0.15, 0.2) is 17.5 Å². The standard InChI is InChI=1S/C8H6FNOS/c9-5-3-12-7-2-4(11)1-6(10)8(5)7/h1-3,11H,10H2. The van der Waals surface area contributed by atoms with E-state index in [1.165, 1.54) is 28.8 Å². The van der Waals surface area contributed by atoms with Crippen LogP contribution in [0.5, 0.6) is 5.75 Å². The summed E-state index contributed by atoms with van der Waals surface area (Å²) in [7, 11) is 0. The fourth-order valence-electron chi connectivity index (χ4n) is 1.14. The molecule has 0 aliphatic carbocycles. The van der Waals surface area contributed by atoms with Crippen molar-refractivity contribution >= 4 is 27.1 Å². The first-order chi connectivity index (χ1) is 5.68. The lowest BCUT2D eigenvalue weighted by Crippen LogP contribution is -1.85. The van der Waals surface area contributed by atoms with Crippen molar-refractivity contribution in [1.82, 2.24) is 0 Å². The van der Waals surface area contributed by atoms with Gasteiger partial charge >= 0.3 is 0 Å². The van der Waals surface area contributed by atoms with Crippen molar-refractivity contribution in [2.24, 2.45) is 0 Å². The molecule has 62 valence electrons. The summed E-state index contributed by atoms with van der Waals surface area (Å²) in [6, 6.07) is 2.84. The van der Waals surface area contributed by atoms with Gasteiger partial charge in [-0.15, -0.1) is 11.3 Å². The van der Waals surface area contributed by atoms with Gasteiger partial charge in [-0.2, -0.15) is 0 Å². The normalized spacial score (nSPS) is 10.8. The lowest BCUT2D eigenvalue weighted by Gasteiger charge is -1.97. The molecule has 0 aliphatic rings. The zero-order chi connectivity index (χ0) is 8.72. The highest BCUT2D eigenvalue weighted by molar-refractivity contribution is 7.17. The molecule has 0 saturated heterocycles. The van der Waals surface area contributed by atoms with Crippen molar-refractivity contribution in [2.45, 2.75) is 0 Å². The molecule has 0 bridgehead atoms. The summed E-state index contributed by atoms with van der Waals surface area (Å²) in [5, 5.41) is 10.9. The zero-order valence-electron chi connectivity index (χ0n) is 6.04. The van der Waals surface area contributed by atoms with Gasteiger partial charge in [-0.3, -0.25) is 0 Å². The van der Waals surface area contributed by atoms with Crippen LogP contribution in [0.4, 0.5) is 10.1 Å². The Kier molecular flexibility index (Phi) is 1.44. The zero-order valence-corrected chi connectivity index (χ0v) is 6.86. The third-order valence-electron chi connectivity index (χ3n) is 1.65. The third-order valence-corrected chi connectivity index (χ3v) is 2.55. The van der Waals surface area contributed by atoms with Gasteiger partial charge in [-0.25, -0.2) is 4.39 Å². The number of aromatic hydroxyl groups is 1. The molecule has 0 saturated carbocycles. The molecule has 0 radical (unpaired) electrons. The molecule has 1 aromatic carbocycles. The number of thiophene rings is 1. The van der Waals surface area contributed by atoms with Crippen molar-refractivity contribution in [2.75, 3.05) is 5.73 Å². The summed E-state index contributed by atoms with van der Waals surface area (Å²) in [6.45, 7) is 0. The van der Waals surface area contributed by atoms with E-state index in [2.05, 4.69) is 0 Å². The predicted molar refractivity (Wildman–Crippen MR) is 47.9 cm³/mol. The first-order valence-electron chi connectivity index (χ1n) is 3.33. The van der Waals surface area contributed by atoms with Gasteiger partial charge in [-0.05, 0) is 6.07 Å². The summed E-state index contributed by atoms with van der Waals surface area (Å²) in [5.74, 6) is -0.255. The van der Waals surface area contributed by atoms with Crippen molar-refractivity contribution in [1.29, 1.82) is 0 Å². The molecule has 0 amide bonds. The van der Waals surface area contributed by atoms with Crippen LogP contribution in [0.1, 0.15) is 0 Å². The van der Waals surface area contributed by atoms with Gasteiger partial charge in [-0.1, -0.05) is 0 Å². The number of hydrogen-bond donors (Lipinski definition) is 2. The van der Waals surface area contributed by atoms with Crippen molar-refractivity contribution in [3.63, 3.8) is 0 Å². The predicted octanol–water partition coefficient (Wildman–Crippen LogP) is 2.33. The average molecular weight is 183 g/mol. The van der Waals surface area contributed by atoms with Crippen LogP contribution in [-0.4, -0.2) is 5.11 Å². The molecule has 2 nitrogen and oxygen atoms in total. The molecule has 0 spiro atoms. The van der Waals surface area contributed by atoms with E-state index in [-0.39, 0.29) is 17.3 Å². The lowest BCUT2D eigenvalue weighted by atomic mass is 10.2. The molecule has 0 fully saturated rings. The minimum atomic E-state index is -0.326. The van der Waals surface area contributed by atoms with Gasteiger partial charge in [0.15, 0.2) is 0 Å². The summed E-state index contributed by atoms with van der Waals surface area (Å²) in [5.41, 5.74) is 5.79. The Bertz CT molecular complexity index is 438. The molecule has 2 aromatic rings. The number of halogens is 1. The molecule has 4 heteroatoms. The second-order valence-corrected chi connectivity index (χ2v) is 3.40. The number of phenols is 1. The Morgan fingerprint density at radius 3 is 2.92 bits per heavy atom. The lowest BCUT2D eigenvalue weighted by molar-refractivity contribution is 0.476. The second-order valence-electron chi connectivity index (χ2n) is 2.49. The Morgan fingerprint density at radius 2 is 2.17 bits per heavy atom. The number of nitrogens with two attached hydrogens (primary N) is 1. The fourth-order valence-corrected chi connectivity index (χ4v) is 2.01. The van der Waals surface area contributed by atoms with Crippen LogP contribution < -0.4 is 5.73 Å². The van der Waals surface area contributed by atoms with Gasteiger partial charge in [0.1, 0.15) is 11.6 Å². The summed E-state index contributed by atoms with van der Waals surface area (Å²) >= 11 is 1.23. The van der Waals surface area contributed by atoms with Gasteiger partial charge < -0.3 is 10.8 Å². The quantitative estimate of drug-likeness (QED) is 0.616. The van der Waals surface area contributed by atoms with Gasteiger partial charge in [0.2, 0.25) is 0 Å². The largest absolute Gasteiger partial charge is 0.508 e. The molecular weight excluding hydrogens is 177 g/mol. The van der Waals surface area contributed by atoms with Gasteiger partial charge in [0.05, 0.1) is 5.39 Å². The van der Waals surface area contributed by atoms with Crippen LogP contribution in [0.3, 0.4) is 0 Å². The Labute approximate surface area is 72.1 Å². The monoisotopic (exact) mass is 183 g/mol. The molecule has 1 heterocycles. The van der Waals surface area contributed by atoms with Crippen molar-refractivity contribution in [3.8, 4) is 5.75 Å². The van der Waals surface area contributed by atoms with Crippen LogP contribution in [0.25, 0.3) is 10.1 Å². The number of benzene rings is 1. The van der Waals surface area contributed by atoms with E-state index in [0.717, 1.165) is 0 Å². The number of hydrogen-bond acceptors (Lipinski definition) is 3. The number of anilines is 1. The third kappa shape index (κ3) is 0.921. The molecule has 0 aliphatic heterocycles. The highest BCUT2D eigenvalue weighted by Gasteiger charge is 2.07. The maximum Gasteiger partial charge on any atom is 0.143 e. The van der Waals surface area contributed by atoms with E-state index in [4.69, 9.17) is 10.8 Å². The first-order valence-corrected chi connectivity index (χ1v) is 4.21. The van der Waals surface area contributed by atoms with Crippen LogP contribution in [0, 0.1) is 5.82 Å². The highest BCUT2D eigenvalue weighted by Crippen LogP contribution is 2.32. The Hall–Kier alpha value is -1.29. The first kappa shape index (κ1) is 7.36. The minimum absolute atomic E-state index is 0.0712. The number of fused-ring (bicyclic) bond motifs is 1. The number of phenolic OH excluding ortho intramolecular Hbond substituents is 1. The van der Waals surface area contributed by atoms with Gasteiger partial charge in [0.25, 0.3) is 0 Å².